The van der Waals surface area contributed by atoms with Crippen LogP contribution in [-0.2, 0) is 19.1 Å². The predicted octanol–water partition coefficient (Wildman–Crippen LogP) is 3.36. The van der Waals surface area contributed by atoms with Gasteiger partial charge in [-0.2, -0.15) is 0 Å². The number of rotatable bonds is 5. The van der Waals surface area contributed by atoms with Crippen molar-refractivity contribution in [3.8, 4) is 5.75 Å². The molecule has 0 N–H and O–H groups in total. The van der Waals surface area contributed by atoms with Gasteiger partial charge in [0, 0.05) is 31.5 Å². The van der Waals surface area contributed by atoms with Gasteiger partial charge in [0.15, 0.2) is 0 Å². The zero-order valence-electron chi connectivity index (χ0n) is 13.7. The molecule has 24 heavy (non-hydrogen) atoms. The molecule has 1 heterocycles. The smallest absolute Gasteiger partial charge is 0.348 e. The first-order chi connectivity index (χ1) is 11.2. The average Bonchev–Trinajstić information content (AvgIpc) is 2.44. The van der Waals surface area contributed by atoms with Gasteiger partial charge in [-0.25, -0.2) is 18.4 Å². The van der Waals surface area contributed by atoms with Crippen LogP contribution >= 0.6 is 0 Å². The molecule has 0 aliphatic carbocycles. The molecule has 0 atom stereocenters. The molecule has 1 aromatic carbocycles. The van der Waals surface area contributed by atoms with E-state index in [1.165, 1.54) is 13.8 Å². The van der Waals surface area contributed by atoms with Gasteiger partial charge in [0.25, 0.3) is 5.79 Å². The lowest BCUT2D eigenvalue weighted by Crippen LogP contribution is -2.41. The van der Waals surface area contributed by atoms with Crippen LogP contribution in [0.2, 0.25) is 0 Å². The molecule has 1 saturated heterocycles. The molecule has 1 aliphatic rings. The third kappa shape index (κ3) is 4.10. The first-order valence-electron chi connectivity index (χ1n) is 7.53. The van der Waals surface area contributed by atoms with Crippen LogP contribution in [0.3, 0.4) is 0 Å². The lowest BCUT2D eigenvalue weighted by atomic mass is 10.1. The second kappa shape index (κ2) is 6.98. The van der Waals surface area contributed by atoms with E-state index < -0.39 is 40.5 Å². The third-order valence-electron chi connectivity index (χ3n) is 3.22. The van der Waals surface area contributed by atoms with Crippen molar-refractivity contribution in [3.05, 3.63) is 34.9 Å². The van der Waals surface area contributed by atoms with Gasteiger partial charge in [-0.1, -0.05) is 13.3 Å². The lowest BCUT2D eigenvalue weighted by Gasteiger charge is -2.29. The van der Waals surface area contributed by atoms with Crippen LogP contribution in [0.25, 0.3) is 6.08 Å². The number of unbranched alkanes of at least 4 members (excludes halogenated alkanes) is 1. The van der Waals surface area contributed by atoms with Crippen LogP contribution in [0.5, 0.6) is 5.75 Å². The highest BCUT2D eigenvalue weighted by atomic mass is 19.1. The molecule has 2 rings (SSSR count). The summed E-state index contributed by atoms with van der Waals surface area (Å²) in [6.07, 6.45) is 2.42. The minimum Gasteiger partial charge on any atom is -0.493 e. The van der Waals surface area contributed by atoms with Crippen molar-refractivity contribution >= 4 is 18.0 Å². The number of cyclic esters (lactones) is 2. The number of hydrogen-bond acceptors (Lipinski definition) is 5. The summed E-state index contributed by atoms with van der Waals surface area (Å²) < 4.78 is 43.2. The Hall–Kier alpha value is -2.44. The first kappa shape index (κ1) is 17.9. The molecule has 1 fully saturated rings. The van der Waals surface area contributed by atoms with Gasteiger partial charge >= 0.3 is 11.9 Å². The van der Waals surface area contributed by atoms with E-state index in [1.54, 1.807) is 0 Å². The number of carbonyl (C=O) groups is 2. The van der Waals surface area contributed by atoms with Gasteiger partial charge in [0.2, 0.25) is 0 Å². The standard InChI is InChI=1S/C17H18F2O5/c1-4-5-6-22-10-7-13(18)11(14(19)8-10)9-12-15(20)23-17(2,3)24-16(12)21/h7-9H,4-6H2,1-3H3. The number of esters is 2. The summed E-state index contributed by atoms with van der Waals surface area (Å²) in [4.78, 5) is 23.7. The summed E-state index contributed by atoms with van der Waals surface area (Å²) in [7, 11) is 0. The molecule has 5 nitrogen and oxygen atoms in total. The molecule has 1 aliphatic heterocycles. The topological polar surface area (TPSA) is 61.8 Å². The van der Waals surface area contributed by atoms with Crippen LogP contribution < -0.4 is 4.74 Å². The fourth-order valence-corrected chi connectivity index (χ4v) is 2.04. The largest absolute Gasteiger partial charge is 0.493 e. The molecule has 0 saturated carbocycles. The summed E-state index contributed by atoms with van der Waals surface area (Å²) >= 11 is 0. The van der Waals surface area contributed by atoms with Crippen LogP contribution in [0.15, 0.2) is 17.7 Å². The highest BCUT2D eigenvalue weighted by molar-refractivity contribution is 6.18. The maximum absolute atomic E-state index is 14.1. The van der Waals surface area contributed by atoms with E-state index in [1.807, 2.05) is 6.92 Å². The monoisotopic (exact) mass is 340 g/mol. The van der Waals surface area contributed by atoms with Crippen molar-refractivity contribution in [2.45, 2.75) is 39.4 Å². The van der Waals surface area contributed by atoms with E-state index in [0.29, 0.717) is 6.61 Å². The molecule has 0 spiro atoms. The second-order valence-corrected chi connectivity index (χ2v) is 5.74. The molecular formula is C17H18F2O5. The molecule has 130 valence electrons. The summed E-state index contributed by atoms with van der Waals surface area (Å²) in [6.45, 7) is 5.05. The molecule has 1 aromatic rings. The zero-order chi connectivity index (χ0) is 17.9. The minimum atomic E-state index is -1.42. The molecule has 0 radical (unpaired) electrons. The van der Waals surface area contributed by atoms with Crippen molar-refractivity contribution in [1.82, 2.24) is 0 Å². The van der Waals surface area contributed by atoms with Crippen molar-refractivity contribution in [2.75, 3.05) is 6.61 Å². The number of hydrogen-bond donors (Lipinski definition) is 0. The molecule has 0 bridgehead atoms. The van der Waals surface area contributed by atoms with E-state index in [2.05, 4.69) is 0 Å². The summed E-state index contributed by atoms with van der Waals surface area (Å²) in [5.74, 6) is -5.30. The van der Waals surface area contributed by atoms with Crippen molar-refractivity contribution in [3.63, 3.8) is 0 Å². The number of halogens is 2. The van der Waals surface area contributed by atoms with Crippen molar-refractivity contribution in [2.24, 2.45) is 0 Å². The molecular weight excluding hydrogens is 322 g/mol. The van der Waals surface area contributed by atoms with Crippen LogP contribution in [-0.4, -0.2) is 24.3 Å². The third-order valence-corrected chi connectivity index (χ3v) is 3.22. The molecule has 7 heteroatoms. The van der Waals surface area contributed by atoms with Gasteiger partial charge in [-0.05, 0) is 12.5 Å². The first-order valence-corrected chi connectivity index (χ1v) is 7.53. The maximum Gasteiger partial charge on any atom is 0.348 e. The number of benzene rings is 1. The minimum absolute atomic E-state index is 0.0375. The average molecular weight is 340 g/mol. The Bertz CT molecular complexity index is 649. The Kier molecular flexibility index (Phi) is 5.21. The fourth-order valence-electron chi connectivity index (χ4n) is 2.04. The van der Waals surface area contributed by atoms with E-state index >= 15 is 0 Å². The Balaban J connectivity index is 2.29. The van der Waals surface area contributed by atoms with Gasteiger partial charge in [-0.3, -0.25) is 0 Å². The highest BCUT2D eigenvalue weighted by Gasteiger charge is 2.39. The Labute approximate surface area is 138 Å². The SMILES string of the molecule is CCCCOc1cc(F)c(C=C2C(=O)OC(C)(C)OC2=O)c(F)c1. The van der Waals surface area contributed by atoms with Gasteiger partial charge in [-0.15, -0.1) is 0 Å². The van der Waals surface area contributed by atoms with Gasteiger partial charge in [0.05, 0.1) is 6.61 Å². The Morgan fingerprint density at radius 2 is 1.67 bits per heavy atom. The number of ether oxygens (including phenoxy) is 3. The summed E-state index contributed by atoms with van der Waals surface area (Å²) in [6, 6.07) is 1.99. The number of carbonyl (C=O) groups excluding carboxylic acids is 2. The maximum atomic E-state index is 14.1. The second-order valence-electron chi connectivity index (χ2n) is 5.74. The Morgan fingerprint density at radius 1 is 1.12 bits per heavy atom. The highest BCUT2D eigenvalue weighted by Crippen LogP contribution is 2.27. The lowest BCUT2D eigenvalue weighted by molar-refractivity contribution is -0.222. The fraction of sp³-hybridized carbons (Fsp3) is 0.412. The van der Waals surface area contributed by atoms with Gasteiger partial charge in [0.1, 0.15) is 23.0 Å². The predicted molar refractivity (Wildman–Crippen MR) is 81.0 cm³/mol. The van der Waals surface area contributed by atoms with Gasteiger partial charge < -0.3 is 14.2 Å². The van der Waals surface area contributed by atoms with Crippen LogP contribution in [0.4, 0.5) is 8.78 Å². The van der Waals surface area contributed by atoms with Crippen LogP contribution in [0, 0.1) is 11.6 Å². The quantitative estimate of drug-likeness (QED) is 0.356. The molecule has 0 aromatic heterocycles. The van der Waals surface area contributed by atoms with E-state index in [4.69, 9.17) is 14.2 Å². The van der Waals surface area contributed by atoms with Crippen LogP contribution in [0.1, 0.15) is 39.2 Å². The molecule has 0 unspecified atom stereocenters. The summed E-state index contributed by atoms with van der Waals surface area (Å²) in [5, 5.41) is 0. The van der Waals surface area contributed by atoms with E-state index in [0.717, 1.165) is 31.1 Å². The summed E-state index contributed by atoms with van der Waals surface area (Å²) in [5.41, 5.74) is -1.12. The van der Waals surface area contributed by atoms with Crippen molar-refractivity contribution < 1.29 is 32.6 Å². The Morgan fingerprint density at radius 3 is 2.17 bits per heavy atom. The van der Waals surface area contributed by atoms with Crippen molar-refractivity contribution in [1.29, 1.82) is 0 Å². The zero-order valence-corrected chi connectivity index (χ0v) is 13.7. The molecule has 0 amide bonds. The van der Waals surface area contributed by atoms with E-state index in [9.17, 15) is 18.4 Å². The normalized spacial score (nSPS) is 16.5. The van der Waals surface area contributed by atoms with E-state index in [-0.39, 0.29) is 5.75 Å².